The SMILES string of the molecule is C=C(C)[C@]1(C)C[C@@H]2C(=O)Oc3ccccc3[C@@]21C#CC(C)(C)C. The maximum Gasteiger partial charge on any atom is 0.316 e. The zero-order valence-electron chi connectivity index (χ0n) is 14.6. The standard InChI is InChI=1S/C21H24O2/c1-14(2)20(6)13-16-18(22)23-17-10-8-7-9-15(17)21(16,20)12-11-19(3,4)5/h7-10,16H,1,13H2,2-6H3/t16-,20+,21+/m1/s1. The molecule has 1 aromatic carbocycles. The van der Waals surface area contributed by atoms with E-state index in [1.165, 1.54) is 0 Å². The molecule has 3 atom stereocenters. The zero-order valence-corrected chi connectivity index (χ0v) is 14.6. The molecule has 3 rings (SSSR count). The van der Waals surface area contributed by atoms with Crippen LogP contribution in [-0.2, 0) is 10.2 Å². The smallest absolute Gasteiger partial charge is 0.316 e. The van der Waals surface area contributed by atoms with Crippen LogP contribution < -0.4 is 4.74 Å². The van der Waals surface area contributed by atoms with E-state index in [9.17, 15) is 4.79 Å². The Morgan fingerprint density at radius 2 is 2.00 bits per heavy atom. The molecule has 1 fully saturated rings. The van der Waals surface area contributed by atoms with Crippen molar-refractivity contribution in [3.05, 3.63) is 42.0 Å². The fraction of sp³-hybridized carbons (Fsp3) is 0.476. The van der Waals surface area contributed by atoms with Crippen LogP contribution in [0, 0.1) is 28.6 Å². The van der Waals surface area contributed by atoms with Crippen molar-refractivity contribution in [1.82, 2.24) is 0 Å². The second kappa shape index (κ2) is 4.74. The molecule has 120 valence electrons. The highest BCUT2D eigenvalue weighted by atomic mass is 16.5. The molecule has 1 saturated carbocycles. The number of ether oxygens (including phenoxy) is 1. The molecule has 2 nitrogen and oxygen atoms in total. The van der Waals surface area contributed by atoms with E-state index in [0.717, 1.165) is 17.6 Å². The predicted molar refractivity (Wildman–Crippen MR) is 92.0 cm³/mol. The average Bonchev–Trinajstić information content (AvgIpc) is 2.44. The molecule has 0 spiro atoms. The number of carbonyl (C=O) groups is 1. The molecule has 23 heavy (non-hydrogen) atoms. The van der Waals surface area contributed by atoms with Gasteiger partial charge in [0.05, 0.1) is 11.3 Å². The van der Waals surface area contributed by atoms with Crippen molar-refractivity contribution in [3.63, 3.8) is 0 Å². The molecule has 0 bridgehead atoms. The van der Waals surface area contributed by atoms with Crippen LogP contribution in [0.15, 0.2) is 36.4 Å². The van der Waals surface area contributed by atoms with Crippen LogP contribution in [-0.4, -0.2) is 5.97 Å². The van der Waals surface area contributed by atoms with Crippen LogP contribution in [0.4, 0.5) is 0 Å². The number of benzene rings is 1. The maximum absolute atomic E-state index is 12.5. The minimum Gasteiger partial charge on any atom is -0.426 e. The molecule has 2 heteroatoms. The van der Waals surface area contributed by atoms with Gasteiger partial charge in [-0.1, -0.05) is 49.1 Å². The second-order valence-corrected chi connectivity index (χ2v) is 8.09. The van der Waals surface area contributed by atoms with Crippen molar-refractivity contribution < 1.29 is 9.53 Å². The summed E-state index contributed by atoms with van der Waals surface area (Å²) >= 11 is 0. The van der Waals surface area contributed by atoms with Crippen LogP contribution in [0.1, 0.15) is 46.6 Å². The molecule has 1 aliphatic carbocycles. The Balaban J connectivity index is 2.30. The maximum atomic E-state index is 12.5. The van der Waals surface area contributed by atoms with Crippen molar-refractivity contribution in [2.45, 2.75) is 46.5 Å². The molecule has 0 aromatic heterocycles. The summed E-state index contributed by atoms with van der Waals surface area (Å²) < 4.78 is 5.56. The number of carbonyl (C=O) groups excluding carboxylic acids is 1. The van der Waals surface area contributed by atoms with E-state index >= 15 is 0 Å². The van der Waals surface area contributed by atoms with Crippen LogP contribution in [0.5, 0.6) is 5.75 Å². The minimum absolute atomic E-state index is 0.124. The highest BCUT2D eigenvalue weighted by molar-refractivity contribution is 5.85. The average molecular weight is 308 g/mol. The molecule has 1 aliphatic heterocycles. The Morgan fingerprint density at radius 3 is 2.61 bits per heavy atom. The lowest BCUT2D eigenvalue weighted by Gasteiger charge is -2.62. The first-order chi connectivity index (χ1) is 10.6. The van der Waals surface area contributed by atoms with Crippen LogP contribution in [0.25, 0.3) is 0 Å². The first kappa shape index (κ1) is 15.9. The number of hydrogen-bond acceptors (Lipinski definition) is 2. The van der Waals surface area contributed by atoms with Gasteiger partial charge in [-0.3, -0.25) is 4.79 Å². The summed E-state index contributed by atoms with van der Waals surface area (Å²) in [6.07, 6.45) is 0.744. The Hall–Kier alpha value is -2.01. The van der Waals surface area contributed by atoms with Crippen LogP contribution in [0.3, 0.4) is 0 Å². The van der Waals surface area contributed by atoms with Crippen molar-refractivity contribution >= 4 is 5.97 Å². The molecular formula is C21H24O2. The lowest BCUT2D eigenvalue weighted by molar-refractivity contribution is -0.155. The third-order valence-corrected chi connectivity index (χ3v) is 5.39. The van der Waals surface area contributed by atoms with Gasteiger partial charge in [0.2, 0.25) is 0 Å². The van der Waals surface area contributed by atoms with Crippen molar-refractivity contribution in [2.75, 3.05) is 0 Å². The van der Waals surface area contributed by atoms with Gasteiger partial charge in [-0.15, -0.1) is 0 Å². The van der Waals surface area contributed by atoms with Crippen LogP contribution >= 0.6 is 0 Å². The summed E-state index contributed by atoms with van der Waals surface area (Å²) in [6, 6.07) is 7.80. The summed E-state index contributed by atoms with van der Waals surface area (Å²) in [4.78, 5) is 12.5. The summed E-state index contributed by atoms with van der Waals surface area (Å²) in [6.45, 7) is 14.7. The normalized spacial score (nSPS) is 31.7. The summed E-state index contributed by atoms with van der Waals surface area (Å²) in [5.41, 5.74) is 1.23. The third-order valence-electron chi connectivity index (χ3n) is 5.39. The number of esters is 1. The van der Waals surface area contributed by atoms with E-state index in [1.807, 2.05) is 31.2 Å². The first-order valence-corrected chi connectivity index (χ1v) is 8.13. The van der Waals surface area contributed by atoms with E-state index in [0.29, 0.717) is 5.75 Å². The Labute approximate surface area is 138 Å². The highest BCUT2D eigenvalue weighted by Gasteiger charge is 2.69. The Kier molecular flexibility index (Phi) is 3.27. The van der Waals surface area contributed by atoms with Gasteiger partial charge in [0.15, 0.2) is 0 Å². The zero-order chi connectivity index (χ0) is 17.0. The number of hydrogen-bond donors (Lipinski definition) is 0. The fourth-order valence-corrected chi connectivity index (χ4v) is 3.87. The monoisotopic (exact) mass is 308 g/mol. The van der Waals surface area contributed by atoms with E-state index < -0.39 is 5.41 Å². The molecule has 0 saturated heterocycles. The minimum atomic E-state index is -0.530. The summed E-state index contributed by atoms with van der Waals surface area (Å²) in [7, 11) is 0. The second-order valence-electron chi connectivity index (χ2n) is 8.09. The van der Waals surface area contributed by atoms with Crippen molar-refractivity contribution in [3.8, 4) is 17.6 Å². The molecule has 0 unspecified atom stereocenters. The number of para-hydroxylation sites is 1. The molecule has 1 aromatic rings. The van der Waals surface area contributed by atoms with Gasteiger partial charge in [-0.05, 0) is 40.2 Å². The van der Waals surface area contributed by atoms with Gasteiger partial charge in [0, 0.05) is 16.4 Å². The molecule has 1 heterocycles. The largest absolute Gasteiger partial charge is 0.426 e. The Morgan fingerprint density at radius 1 is 1.35 bits per heavy atom. The van der Waals surface area contributed by atoms with Gasteiger partial charge in [-0.2, -0.15) is 0 Å². The van der Waals surface area contributed by atoms with Gasteiger partial charge in [-0.25, -0.2) is 0 Å². The lowest BCUT2D eigenvalue weighted by atomic mass is 9.40. The molecule has 0 N–H and O–H groups in total. The quantitative estimate of drug-likeness (QED) is 0.330. The third kappa shape index (κ3) is 2.06. The van der Waals surface area contributed by atoms with E-state index in [1.54, 1.807) is 0 Å². The van der Waals surface area contributed by atoms with Crippen molar-refractivity contribution in [1.29, 1.82) is 0 Å². The Bertz CT molecular complexity index is 756. The molecular weight excluding hydrogens is 284 g/mol. The predicted octanol–water partition coefficient (Wildman–Crippen LogP) is 4.50. The van der Waals surface area contributed by atoms with E-state index in [-0.39, 0.29) is 22.7 Å². The summed E-state index contributed by atoms with van der Waals surface area (Å²) in [5, 5.41) is 0. The topological polar surface area (TPSA) is 26.3 Å². The van der Waals surface area contributed by atoms with Gasteiger partial charge in [0.1, 0.15) is 5.75 Å². The van der Waals surface area contributed by atoms with E-state index in [2.05, 4.69) is 46.1 Å². The fourth-order valence-electron chi connectivity index (χ4n) is 3.87. The van der Waals surface area contributed by atoms with E-state index in [4.69, 9.17) is 4.74 Å². The van der Waals surface area contributed by atoms with Gasteiger partial charge >= 0.3 is 5.97 Å². The van der Waals surface area contributed by atoms with Gasteiger partial charge < -0.3 is 4.74 Å². The number of fused-ring (bicyclic) bond motifs is 3. The molecule has 0 amide bonds. The summed E-state index contributed by atoms with van der Waals surface area (Å²) in [5.74, 6) is 7.18. The van der Waals surface area contributed by atoms with Crippen LogP contribution in [0.2, 0.25) is 0 Å². The number of rotatable bonds is 1. The lowest BCUT2D eigenvalue weighted by Crippen LogP contribution is -2.65. The highest BCUT2D eigenvalue weighted by Crippen LogP contribution is 2.67. The first-order valence-electron chi connectivity index (χ1n) is 8.13. The molecule has 0 radical (unpaired) electrons. The molecule has 2 aliphatic rings. The van der Waals surface area contributed by atoms with Gasteiger partial charge in [0.25, 0.3) is 0 Å². The number of allylic oxidation sites excluding steroid dienone is 1. The van der Waals surface area contributed by atoms with Crippen molar-refractivity contribution in [2.24, 2.45) is 16.7 Å².